The van der Waals surface area contributed by atoms with E-state index in [4.69, 9.17) is 0 Å². The van der Waals surface area contributed by atoms with Crippen molar-refractivity contribution >= 4 is 11.6 Å². The number of hydrogen-bond acceptors (Lipinski definition) is 4. The molecule has 1 saturated heterocycles. The number of carbonyl (C=O) groups excluding carboxylic acids is 1. The van der Waals surface area contributed by atoms with Gasteiger partial charge in [0, 0.05) is 37.0 Å². The van der Waals surface area contributed by atoms with Crippen LogP contribution in [0, 0.1) is 5.41 Å². The van der Waals surface area contributed by atoms with Crippen molar-refractivity contribution in [3.63, 3.8) is 0 Å². The highest BCUT2D eigenvalue weighted by Crippen LogP contribution is 2.45. The van der Waals surface area contributed by atoms with Gasteiger partial charge in [-0.2, -0.15) is 5.10 Å². The Balaban J connectivity index is 1.59. The summed E-state index contributed by atoms with van der Waals surface area (Å²) < 4.78 is 1.62. The van der Waals surface area contributed by atoms with Gasteiger partial charge in [-0.3, -0.25) is 4.79 Å². The van der Waals surface area contributed by atoms with Crippen LogP contribution in [0.4, 0.5) is 0 Å². The van der Waals surface area contributed by atoms with Gasteiger partial charge in [-0.15, -0.1) is 0 Å². The molecule has 6 nitrogen and oxygen atoms in total. The van der Waals surface area contributed by atoms with E-state index >= 15 is 0 Å². The molecule has 1 aliphatic heterocycles. The molecule has 1 aliphatic carbocycles. The first-order valence-corrected chi connectivity index (χ1v) is 7.96. The molecule has 2 fully saturated rings. The number of aromatic nitrogens is 3. The lowest BCUT2D eigenvalue weighted by molar-refractivity contribution is -0.00556. The highest BCUT2D eigenvalue weighted by molar-refractivity contribution is 5.93. The summed E-state index contributed by atoms with van der Waals surface area (Å²) in [5.74, 6) is -0.0522. The standard InChI is InChI=1S/C16H20N4O2/c21-13-4-1-5-16(13)6-2-8-19(11-16)15(22)12-10-14-17-7-3-9-20(14)18-12/h3,7,9-10,13,21H,1-2,4-6,8,11H2/t13-,16-/m1/s1. The van der Waals surface area contributed by atoms with Crippen molar-refractivity contribution < 1.29 is 9.90 Å². The molecule has 116 valence electrons. The summed E-state index contributed by atoms with van der Waals surface area (Å²) >= 11 is 0. The van der Waals surface area contributed by atoms with Crippen LogP contribution < -0.4 is 0 Å². The third-order valence-electron chi connectivity index (χ3n) is 5.21. The molecule has 2 aromatic heterocycles. The third kappa shape index (κ3) is 2.09. The minimum absolute atomic E-state index is 0.0522. The van der Waals surface area contributed by atoms with Crippen LogP contribution in [0.3, 0.4) is 0 Å². The van der Waals surface area contributed by atoms with Crippen LogP contribution in [0.1, 0.15) is 42.6 Å². The van der Waals surface area contributed by atoms with E-state index in [0.29, 0.717) is 17.9 Å². The summed E-state index contributed by atoms with van der Waals surface area (Å²) in [6.07, 6.45) is 8.12. The molecule has 1 spiro atoms. The molecule has 0 unspecified atom stereocenters. The Morgan fingerprint density at radius 1 is 1.36 bits per heavy atom. The fraction of sp³-hybridized carbons (Fsp3) is 0.562. The van der Waals surface area contributed by atoms with Crippen molar-refractivity contribution in [2.75, 3.05) is 13.1 Å². The van der Waals surface area contributed by atoms with Gasteiger partial charge in [0.2, 0.25) is 0 Å². The lowest BCUT2D eigenvalue weighted by atomic mass is 9.76. The minimum atomic E-state index is -0.272. The number of aliphatic hydroxyl groups excluding tert-OH is 1. The van der Waals surface area contributed by atoms with Gasteiger partial charge in [0.25, 0.3) is 5.91 Å². The Hall–Kier alpha value is -1.95. The van der Waals surface area contributed by atoms with Gasteiger partial charge in [0.1, 0.15) is 0 Å². The number of carbonyl (C=O) groups is 1. The second-order valence-corrected chi connectivity index (χ2v) is 6.55. The maximum atomic E-state index is 12.8. The minimum Gasteiger partial charge on any atom is -0.392 e. The summed E-state index contributed by atoms with van der Waals surface area (Å²) in [4.78, 5) is 18.8. The Bertz CT molecular complexity index is 680. The molecule has 0 aromatic carbocycles. The molecule has 6 heteroatoms. The highest BCUT2D eigenvalue weighted by Gasteiger charge is 2.45. The number of piperidine rings is 1. The van der Waals surface area contributed by atoms with E-state index < -0.39 is 0 Å². The first-order valence-electron chi connectivity index (χ1n) is 7.96. The molecule has 0 bridgehead atoms. The van der Waals surface area contributed by atoms with Gasteiger partial charge in [0.05, 0.1) is 6.10 Å². The van der Waals surface area contributed by atoms with Crippen LogP contribution in [-0.4, -0.2) is 49.7 Å². The average molecular weight is 300 g/mol. The van der Waals surface area contributed by atoms with Crippen LogP contribution in [0.15, 0.2) is 24.5 Å². The van der Waals surface area contributed by atoms with E-state index in [1.807, 2.05) is 4.90 Å². The Kier molecular flexibility index (Phi) is 3.14. The van der Waals surface area contributed by atoms with Crippen LogP contribution in [0.5, 0.6) is 0 Å². The van der Waals surface area contributed by atoms with Gasteiger partial charge in [0.15, 0.2) is 11.3 Å². The third-order valence-corrected chi connectivity index (χ3v) is 5.21. The fourth-order valence-corrected chi connectivity index (χ4v) is 4.03. The fourth-order valence-electron chi connectivity index (χ4n) is 4.03. The first kappa shape index (κ1) is 13.7. The zero-order valence-corrected chi connectivity index (χ0v) is 12.5. The van der Waals surface area contributed by atoms with Crippen molar-refractivity contribution in [3.8, 4) is 0 Å². The van der Waals surface area contributed by atoms with E-state index in [0.717, 1.165) is 38.6 Å². The predicted molar refractivity (Wildman–Crippen MR) is 80.4 cm³/mol. The van der Waals surface area contributed by atoms with Crippen LogP contribution >= 0.6 is 0 Å². The van der Waals surface area contributed by atoms with Crippen molar-refractivity contribution in [3.05, 3.63) is 30.2 Å². The van der Waals surface area contributed by atoms with E-state index in [1.165, 1.54) is 0 Å². The van der Waals surface area contributed by atoms with Crippen molar-refractivity contribution in [1.29, 1.82) is 0 Å². The van der Waals surface area contributed by atoms with E-state index in [2.05, 4.69) is 10.1 Å². The van der Waals surface area contributed by atoms with Gasteiger partial charge in [-0.1, -0.05) is 6.42 Å². The zero-order chi connectivity index (χ0) is 15.2. The van der Waals surface area contributed by atoms with Crippen molar-refractivity contribution in [2.45, 2.75) is 38.2 Å². The Morgan fingerprint density at radius 2 is 2.23 bits per heavy atom. The van der Waals surface area contributed by atoms with E-state index in [1.54, 1.807) is 29.0 Å². The summed E-state index contributed by atoms with van der Waals surface area (Å²) in [5.41, 5.74) is 1.02. The molecule has 1 saturated carbocycles. The van der Waals surface area contributed by atoms with Crippen LogP contribution in [0.25, 0.3) is 5.65 Å². The smallest absolute Gasteiger partial charge is 0.274 e. The summed E-state index contributed by atoms with van der Waals surface area (Å²) in [5, 5.41) is 14.6. The Morgan fingerprint density at radius 3 is 3.00 bits per heavy atom. The van der Waals surface area contributed by atoms with Crippen LogP contribution in [-0.2, 0) is 0 Å². The molecular weight excluding hydrogens is 280 g/mol. The summed E-state index contributed by atoms with van der Waals surface area (Å²) in [6, 6.07) is 3.52. The molecule has 2 aromatic rings. The first-order chi connectivity index (χ1) is 10.7. The molecule has 3 heterocycles. The second kappa shape index (κ2) is 5.05. The second-order valence-electron chi connectivity index (χ2n) is 6.55. The highest BCUT2D eigenvalue weighted by atomic mass is 16.3. The molecule has 1 N–H and O–H groups in total. The lowest BCUT2D eigenvalue weighted by Gasteiger charge is -2.42. The van der Waals surface area contributed by atoms with Crippen molar-refractivity contribution in [2.24, 2.45) is 5.41 Å². The summed E-state index contributed by atoms with van der Waals surface area (Å²) in [6.45, 7) is 1.39. The number of nitrogens with zero attached hydrogens (tertiary/aromatic N) is 4. The number of amides is 1. The Labute approximate surface area is 128 Å². The summed E-state index contributed by atoms with van der Waals surface area (Å²) in [7, 11) is 0. The van der Waals surface area contributed by atoms with Gasteiger partial charge >= 0.3 is 0 Å². The number of fused-ring (bicyclic) bond motifs is 1. The molecule has 2 aliphatic rings. The van der Waals surface area contributed by atoms with Gasteiger partial charge in [-0.05, 0) is 31.7 Å². The topological polar surface area (TPSA) is 70.7 Å². The SMILES string of the molecule is O=C(c1cc2ncccn2n1)N1CCC[C@]2(CCC[C@H]2O)C1. The largest absolute Gasteiger partial charge is 0.392 e. The molecule has 2 atom stereocenters. The lowest BCUT2D eigenvalue weighted by Crippen LogP contribution is -2.49. The maximum absolute atomic E-state index is 12.8. The molecule has 0 radical (unpaired) electrons. The maximum Gasteiger partial charge on any atom is 0.274 e. The van der Waals surface area contributed by atoms with E-state index in [9.17, 15) is 9.90 Å². The quantitative estimate of drug-likeness (QED) is 0.866. The zero-order valence-electron chi connectivity index (χ0n) is 12.5. The number of likely N-dealkylation sites (tertiary alicyclic amines) is 1. The molecular formula is C16H20N4O2. The van der Waals surface area contributed by atoms with Gasteiger partial charge in [-0.25, -0.2) is 9.50 Å². The molecule has 1 amide bonds. The van der Waals surface area contributed by atoms with Crippen LogP contribution in [0.2, 0.25) is 0 Å². The monoisotopic (exact) mass is 300 g/mol. The normalized spacial score (nSPS) is 28.6. The number of rotatable bonds is 1. The van der Waals surface area contributed by atoms with E-state index in [-0.39, 0.29) is 17.4 Å². The van der Waals surface area contributed by atoms with Gasteiger partial charge < -0.3 is 10.0 Å². The molecule has 22 heavy (non-hydrogen) atoms. The molecule has 4 rings (SSSR count). The number of hydrogen-bond donors (Lipinski definition) is 1. The van der Waals surface area contributed by atoms with Crippen molar-refractivity contribution in [1.82, 2.24) is 19.5 Å². The average Bonchev–Trinajstić information content (AvgIpc) is 3.11. The predicted octanol–water partition coefficient (Wildman–Crippen LogP) is 1.50. The number of aliphatic hydroxyl groups is 1.